The highest BCUT2D eigenvalue weighted by molar-refractivity contribution is 5.93. The second kappa shape index (κ2) is 11.2. The minimum absolute atomic E-state index is 0.0787. The van der Waals surface area contributed by atoms with Gasteiger partial charge in [-0.25, -0.2) is 4.79 Å². The monoisotopic (exact) mass is 420 g/mol. The van der Waals surface area contributed by atoms with Crippen LogP contribution in [0.4, 0.5) is 16.2 Å². The van der Waals surface area contributed by atoms with Crippen molar-refractivity contribution >= 4 is 17.4 Å². The van der Waals surface area contributed by atoms with E-state index in [1.54, 1.807) is 0 Å². The third kappa shape index (κ3) is 6.47. The Morgan fingerprint density at radius 2 is 1.52 bits per heavy atom. The predicted molar refractivity (Wildman–Crippen MR) is 129 cm³/mol. The predicted octanol–water partition coefficient (Wildman–Crippen LogP) is 4.90. The first kappa shape index (κ1) is 21.7. The number of amides is 2. The van der Waals surface area contributed by atoms with Gasteiger partial charge in [0.25, 0.3) is 0 Å². The van der Waals surface area contributed by atoms with Crippen molar-refractivity contribution in [3.05, 3.63) is 60.2 Å². The van der Waals surface area contributed by atoms with E-state index in [1.807, 2.05) is 12.1 Å². The van der Waals surface area contributed by atoms with Gasteiger partial charge in [-0.15, -0.1) is 0 Å². The summed E-state index contributed by atoms with van der Waals surface area (Å²) in [7, 11) is 0. The molecule has 31 heavy (non-hydrogen) atoms. The van der Waals surface area contributed by atoms with E-state index in [2.05, 4.69) is 62.9 Å². The largest absolute Gasteiger partial charge is 0.370 e. The topological polar surface area (TPSA) is 47.6 Å². The Balaban J connectivity index is 1.24. The average molecular weight is 421 g/mol. The summed E-state index contributed by atoms with van der Waals surface area (Å²) >= 11 is 0. The van der Waals surface area contributed by atoms with E-state index >= 15 is 0 Å². The summed E-state index contributed by atoms with van der Waals surface area (Å²) in [6.07, 6.45) is 8.17. The lowest BCUT2D eigenvalue weighted by Crippen LogP contribution is -2.46. The maximum absolute atomic E-state index is 12.7. The van der Waals surface area contributed by atoms with Crippen LogP contribution in [0.15, 0.2) is 54.6 Å². The molecule has 4 rings (SSSR count). The van der Waals surface area contributed by atoms with Crippen molar-refractivity contribution in [1.29, 1.82) is 0 Å². The van der Waals surface area contributed by atoms with E-state index in [0.717, 1.165) is 63.4 Å². The van der Waals surface area contributed by atoms with Crippen molar-refractivity contribution in [3.63, 3.8) is 0 Å². The van der Waals surface area contributed by atoms with Gasteiger partial charge in [0.15, 0.2) is 0 Å². The Labute approximate surface area is 186 Å². The average Bonchev–Trinajstić information content (AvgIpc) is 3.09. The Morgan fingerprint density at radius 1 is 0.839 bits per heavy atom. The third-order valence-corrected chi connectivity index (χ3v) is 6.58. The SMILES string of the molecule is O=C(Nc1ccccc1N1CCCCCC1)NC1CCN(CCc2ccccc2)CC1. The number of benzene rings is 2. The molecule has 2 aliphatic rings. The number of rotatable bonds is 6. The van der Waals surface area contributed by atoms with Crippen LogP contribution in [0.2, 0.25) is 0 Å². The molecule has 166 valence electrons. The van der Waals surface area contributed by atoms with Crippen LogP contribution in [0.3, 0.4) is 0 Å². The lowest BCUT2D eigenvalue weighted by molar-refractivity contribution is 0.197. The van der Waals surface area contributed by atoms with Gasteiger partial charge in [0.1, 0.15) is 0 Å². The number of likely N-dealkylation sites (tertiary alicyclic amines) is 1. The van der Waals surface area contributed by atoms with Crippen LogP contribution in [0.1, 0.15) is 44.1 Å². The molecule has 2 saturated heterocycles. The Bertz CT molecular complexity index is 809. The summed E-state index contributed by atoms with van der Waals surface area (Å²) < 4.78 is 0. The van der Waals surface area contributed by atoms with Gasteiger partial charge in [-0.05, 0) is 49.8 Å². The number of hydrogen-bond acceptors (Lipinski definition) is 3. The van der Waals surface area contributed by atoms with Gasteiger partial charge in [0.2, 0.25) is 0 Å². The molecule has 0 aromatic heterocycles. The maximum Gasteiger partial charge on any atom is 0.319 e. The third-order valence-electron chi connectivity index (χ3n) is 6.58. The molecule has 0 radical (unpaired) electrons. The van der Waals surface area contributed by atoms with Crippen molar-refractivity contribution in [2.24, 2.45) is 0 Å². The molecule has 0 saturated carbocycles. The Morgan fingerprint density at radius 3 is 2.26 bits per heavy atom. The Hall–Kier alpha value is -2.53. The summed E-state index contributed by atoms with van der Waals surface area (Å²) in [5.74, 6) is 0. The number of piperidine rings is 1. The van der Waals surface area contributed by atoms with Crippen molar-refractivity contribution in [3.8, 4) is 0 Å². The lowest BCUT2D eigenvalue weighted by atomic mass is 10.0. The number of urea groups is 1. The van der Waals surface area contributed by atoms with Gasteiger partial charge in [-0.3, -0.25) is 0 Å². The fraction of sp³-hybridized carbons (Fsp3) is 0.500. The molecule has 2 aromatic carbocycles. The van der Waals surface area contributed by atoms with E-state index in [9.17, 15) is 4.79 Å². The number of nitrogens with zero attached hydrogens (tertiary/aromatic N) is 2. The molecule has 5 heteroatoms. The number of para-hydroxylation sites is 2. The zero-order chi connectivity index (χ0) is 21.3. The molecule has 5 nitrogen and oxygen atoms in total. The number of carbonyl (C=O) groups excluding carboxylic acids is 1. The minimum atomic E-state index is -0.0787. The van der Waals surface area contributed by atoms with Crippen LogP contribution in [-0.2, 0) is 6.42 Å². The number of nitrogens with one attached hydrogen (secondary N) is 2. The quantitative estimate of drug-likeness (QED) is 0.699. The highest BCUT2D eigenvalue weighted by Gasteiger charge is 2.21. The molecular weight excluding hydrogens is 384 g/mol. The first-order valence-electron chi connectivity index (χ1n) is 12.0. The summed E-state index contributed by atoms with van der Waals surface area (Å²) in [5, 5.41) is 6.34. The molecule has 2 heterocycles. The number of carbonyl (C=O) groups is 1. The van der Waals surface area contributed by atoms with Crippen molar-refractivity contribution < 1.29 is 4.79 Å². The van der Waals surface area contributed by atoms with Crippen LogP contribution in [0.5, 0.6) is 0 Å². The van der Waals surface area contributed by atoms with Gasteiger partial charge in [0, 0.05) is 38.8 Å². The highest BCUT2D eigenvalue weighted by atomic mass is 16.2. The van der Waals surface area contributed by atoms with Gasteiger partial charge in [-0.2, -0.15) is 0 Å². The van der Waals surface area contributed by atoms with Crippen LogP contribution in [0.25, 0.3) is 0 Å². The molecule has 0 aliphatic carbocycles. The number of hydrogen-bond donors (Lipinski definition) is 2. The van der Waals surface area contributed by atoms with Gasteiger partial charge in [0.05, 0.1) is 11.4 Å². The van der Waals surface area contributed by atoms with E-state index < -0.39 is 0 Å². The van der Waals surface area contributed by atoms with Crippen LogP contribution in [0, 0.1) is 0 Å². The smallest absolute Gasteiger partial charge is 0.319 e. The van der Waals surface area contributed by atoms with Crippen molar-refractivity contribution in [1.82, 2.24) is 10.2 Å². The van der Waals surface area contributed by atoms with E-state index in [4.69, 9.17) is 0 Å². The molecule has 2 fully saturated rings. The summed E-state index contributed by atoms with van der Waals surface area (Å²) in [6.45, 7) is 5.32. The minimum Gasteiger partial charge on any atom is -0.370 e. The van der Waals surface area contributed by atoms with Crippen molar-refractivity contribution in [2.45, 2.75) is 51.0 Å². The molecule has 0 atom stereocenters. The second-order valence-corrected chi connectivity index (χ2v) is 8.87. The highest BCUT2D eigenvalue weighted by Crippen LogP contribution is 2.28. The maximum atomic E-state index is 12.7. The lowest BCUT2D eigenvalue weighted by Gasteiger charge is -2.32. The van der Waals surface area contributed by atoms with Gasteiger partial charge in [-0.1, -0.05) is 55.3 Å². The normalized spacial score (nSPS) is 18.4. The van der Waals surface area contributed by atoms with E-state index in [0.29, 0.717) is 0 Å². The fourth-order valence-electron chi connectivity index (χ4n) is 4.74. The van der Waals surface area contributed by atoms with Crippen molar-refractivity contribution in [2.75, 3.05) is 42.9 Å². The summed E-state index contributed by atoms with van der Waals surface area (Å²) in [4.78, 5) is 17.7. The summed E-state index contributed by atoms with van der Waals surface area (Å²) in [5.41, 5.74) is 3.46. The van der Waals surface area contributed by atoms with E-state index in [-0.39, 0.29) is 12.1 Å². The molecule has 0 unspecified atom stereocenters. The molecule has 2 aliphatic heterocycles. The molecule has 2 N–H and O–H groups in total. The van der Waals surface area contributed by atoms with Gasteiger partial charge >= 0.3 is 6.03 Å². The fourth-order valence-corrected chi connectivity index (χ4v) is 4.74. The molecule has 2 amide bonds. The second-order valence-electron chi connectivity index (χ2n) is 8.87. The zero-order valence-corrected chi connectivity index (χ0v) is 18.6. The Kier molecular flexibility index (Phi) is 7.83. The first-order chi connectivity index (χ1) is 15.3. The first-order valence-corrected chi connectivity index (χ1v) is 12.0. The standard InChI is InChI=1S/C26H36N4O/c31-26(28-24-12-6-7-13-25(24)30-17-8-1-2-9-18-30)27-23-15-20-29(21-16-23)19-14-22-10-4-3-5-11-22/h3-7,10-13,23H,1-2,8-9,14-21H2,(H2,27,28,31). The van der Waals surface area contributed by atoms with Gasteiger partial charge < -0.3 is 20.4 Å². The molecular formula is C26H36N4O. The number of anilines is 2. The van der Waals surface area contributed by atoms with Crippen LogP contribution in [-0.4, -0.2) is 49.7 Å². The molecule has 2 aromatic rings. The summed E-state index contributed by atoms with van der Waals surface area (Å²) in [6, 6.07) is 19.1. The van der Waals surface area contributed by atoms with Crippen LogP contribution >= 0.6 is 0 Å². The van der Waals surface area contributed by atoms with E-state index in [1.165, 1.54) is 31.2 Å². The zero-order valence-electron chi connectivity index (χ0n) is 18.6. The molecule has 0 bridgehead atoms. The molecule has 0 spiro atoms. The van der Waals surface area contributed by atoms with Crippen LogP contribution < -0.4 is 15.5 Å².